The Morgan fingerprint density at radius 1 is 1.30 bits per heavy atom. The molecule has 1 aliphatic heterocycles. The molecule has 0 aromatic carbocycles. The number of rotatable bonds is 7. The summed E-state index contributed by atoms with van der Waals surface area (Å²) in [6.45, 7) is 4.98. The maximum absolute atomic E-state index is 12.9. The van der Waals surface area contributed by atoms with Crippen molar-refractivity contribution in [2.75, 3.05) is 6.61 Å². The number of hydrogen-bond donors (Lipinski definition) is 1. The number of aryl methyl sites for hydroxylation is 1. The summed E-state index contributed by atoms with van der Waals surface area (Å²) in [6.07, 6.45) is 6.28. The first kappa shape index (κ1) is 18.8. The van der Waals surface area contributed by atoms with Gasteiger partial charge in [0.05, 0.1) is 11.7 Å². The molecule has 3 heterocycles. The molecule has 27 heavy (non-hydrogen) atoms. The summed E-state index contributed by atoms with van der Waals surface area (Å²) in [6, 6.07) is 5.86. The van der Waals surface area contributed by atoms with E-state index < -0.39 is 0 Å². The fourth-order valence-electron chi connectivity index (χ4n) is 4.29. The highest BCUT2D eigenvalue weighted by atomic mass is 32.1. The largest absolute Gasteiger partial charge is 0.507 e. The molecule has 2 aromatic heterocycles. The normalized spacial score (nSPS) is 22.1. The van der Waals surface area contributed by atoms with Gasteiger partial charge >= 0.3 is 5.63 Å². The molecule has 0 radical (unpaired) electrons. The molecule has 3 unspecified atom stereocenters. The molecule has 2 aliphatic rings. The van der Waals surface area contributed by atoms with Crippen LogP contribution < -0.4 is 5.63 Å². The Hall–Kier alpha value is -1.59. The lowest BCUT2D eigenvalue weighted by Crippen LogP contribution is -2.18. The molecule has 1 N–H and O–H groups in total. The van der Waals surface area contributed by atoms with Gasteiger partial charge in [-0.05, 0) is 63.5 Å². The van der Waals surface area contributed by atoms with Gasteiger partial charge in [0.15, 0.2) is 0 Å². The molecule has 0 amide bonds. The molecular weight excluding hydrogens is 360 g/mol. The van der Waals surface area contributed by atoms with Crippen LogP contribution in [0.1, 0.15) is 78.4 Å². The average Bonchev–Trinajstić information content (AvgIpc) is 3.16. The standard InChI is InChI=1S/C22H28O4S/c1-3-14(11-16-5-4-10-25-16)18-12-17(23)21(22(24)26-18)20(15-7-8-15)19-9-6-13(2)27-19/h6,9,12,14-16,20,23H,3-5,7-8,10-11H2,1-2H3. The highest BCUT2D eigenvalue weighted by Crippen LogP contribution is 2.49. The van der Waals surface area contributed by atoms with Crippen LogP contribution in [-0.2, 0) is 4.74 Å². The van der Waals surface area contributed by atoms with Gasteiger partial charge in [-0.3, -0.25) is 0 Å². The van der Waals surface area contributed by atoms with Crippen molar-refractivity contribution < 1.29 is 14.3 Å². The van der Waals surface area contributed by atoms with Crippen molar-refractivity contribution in [3.63, 3.8) is 0 Å². The predicted octanol–water partition coefficient (Wildman–Crippen LogP) is 5.32. The third-order valence-corrected chi connectivity index (χ3v) is 7.01. The van der Waals surface area contributed by atoms with Gasteiger partial charge in [-0.1, -0.05) is 6.92 Å². The minimum absolute atomic E-state index is 0.0489. The van der Waals surface area contributed by atoms with E-state index in [9.17, 15) is 9.90 Å². The smallest absolute Gasteiger partial charge is 0.343 e. The summed E-state index contributed by atoms with van der Waals surface area (Å²) >= 11 is 1.70. The molecule has 3 atom stereocenters. The van der Waals surface area contributed by atoms with E-state index in [1.807, 2.05) is 0 Å². The second kappa shape index (κ2) is 7.80. The third kappa shape index (κ3) is 3.99. The fourth-order valence-corrected chi connectivity index (χ4v) is 5.37. The molecule has 2 aromatic rings. The van der Waals surface area contributed by atoms with Crippen molar-refractivity contribution in [1.82, 2.24) is 0 Å². The molecule has 1 aliphatic carbocycles. The first-order valence-electron chi connectivity index (χ1n) is 10.1. The van der Waals surface area contributed by atoms with Gasteiger partial charge < -0.3 is 14.3 Å². The van der Waals surface area contributed by atoms with Crippen molar-refractivity contribution in [2.45, 2.75) is 70.3 Å². The van der Waals surface area contributed by atoms with Crippen molar-refractivity contribution in [1.29, 1.82) is 0 Å². The number of ether oxygens (including phenoxy) is 1. The van der Waals surface area contributed by atoms with Crippen LogP contribution in [0.4, 0.5) is 0 Å². The van der Waals surface area contributed by atoms with E-state index in [1.165, 1.54) is 4.88 Å². The van der Waals surface area contributed by atoms with Crippen molar-refractivity contribution in [3.8, 4) is 5.75 Å². The summed E-state index contributed by atoms with van der Waals surface area (Å²) in [4.78, 5) is 15.3. The Morgan fingerprint density at radius 2 is 2.11 bits per heavy atom. The molecule has 4 rings (SSSR count). The summed E-state index contributed by atoms with van der Waals surface area (Å²) in [5, 5.41) is 10.8. The summed E-state index contributed by atoms with van der Waals surface area (Å²) < 4.78 is 11.5. The van der Waals surface area contributed by atoms with Crippen LogP contribution in [0.15, 0.2) is 27.4 Å². The van der Waals surface area contributed by atoms with E-state index in [2.05, 4.69) is 26.0 Å². The van der Waals surface area contributed by atoms with Gasteiger partial charge in [0.2, 0.25) is 0 Å². The van der Waals surface area contributed by atoms with E-state index in [1.54, 1.807) is 17.4 Å². The molecule has 1 saturated carbocycles. The first-order chi connectivity index (χ1) is 13.1. The zero-order chi connectivity index (χ0) is 19.0. The van der Waals surface area contributed by atoms with Crippen LogP contribution in [0.25, 0.3) is 0 Å². The molecule has 0 spiro atoms. The van der Waals surface area contributed by atoms with Gasteiger partial charge in [-0.2, -0.15) is 0 Å². The highest BCUT2D eigenvalue weighted by Gasteiger charge is 2.38. The SMILES string of the molecule is CCC(CC1CCCO1)c1cc(O)c(C(c2ccc(C)s2)C2CC2)c(=O)o1. The zero-order valence-electron chi connectivity index (χ0n) is 16.1. The Balaban J connectivity index is 1.65. The van der Waals surface area contributed by atoms with Crippen LogP contribution >= 0.6 is 11.3 Å². The zero-order valence-corrected chi connectivity index (χ0v) is 16.9. The minimum Gasteiger partial charge on any atom is -0.507 e. The molecule has 146 valence electrons. The average molecular weight is 389 g/mol. The maximum atomic E-state index is 12.9. The lowest BCUT2D eigenvalue weighted by Gasteiger charge is -2.20. The maximum Gasteiger partial charge on any atom is 0.343 e. The van der Waals surface area contributed by atoms with Crippen molar-refractivity contribution in [2.24, 2.45) is 5.92 Å². The molecule has 1 saturated heterocycles. The van der Waals surface area contributed by atoms with Crippen LogP contribution in [0.2, 0.25) is 0 Å². The first-order valence-corrected chi connectivity index (χ1v) is 10.9. The van der Waals surface area contributed by atoms with Gasteiger partial charge in [-0.15, -0.1) is 11.3 Å². The number of hydrogen-bond acceptors (Lipinski definition) is 5. The van der Waals surface area contributed by atoms with E-state index in [0.29, 0.717) is 17.2 Å². The summed E-state index contributed by atoms with van der Waals surface area (Å²) in [5.74, 6) is 1.17. The van der Waals surface area contributed by atoms with Crippen molar-refractivity contribution in [3.05, 3.63) is 49.7 Å². The van der Waals surface area contributed by atoms with E-state index in [-0.39, 0.29) is 29.3 Å². The van der Waals surface area contributed by atoms with Crippen LogP contribution in [0, 0.1) is 12.8 Å². The van der Waals surface area contributed by atoms with Crippen molar-refractivity contribution >= 4 is 11.3 Å². The highest BCUT2D eigenvalue weighted by molar-refractivity contribution is 7.12. The van der Waals surface area contributed by atoms with Gasteiger partial charge in [0.25, 0.3) is 0 Å². The number of thiophene rings is 1. The van der Waals surface area contributed by atoms with E-state index in [4.69, 9.17) is 9.15 Å². The topological polar surface area (TPSA) is 59.7 Å². The monoisotopic (exact) mass is 388 g/mol. The van der Waals surface area contributed by atoms with Crippen LogP contribution in [-0.4, -0.2) is 17.8 Å². The molecule has 5 heteroatoms. The van der Waals surface area contributed by atoms with E-state index >= 15 is 0 Å². The summed E-state index contributed by atoms with van der Waals surface area (Å²) in [7, 11) is 0. The lowest BCUT2D eigenvalue weighted by atomic mass is 9.91. The van der Waals surface area contributed by atoms with Gasteiger partial charge in [0, 0.05) is 34.3 Å². The molecular formula is C22H28O4S. The predicted molar refractivity (Wildman–Crippen MR) is 107 cm³/mol. The minimum atomic E-state index is -0.376. The fraction of sp³-hybridized carbons (Fsp3) is 0.591. The Kier molecular flexibility index (Phi) is 5.42. The summed E-state index contributed by atoms with van der Waals surface area (Å²) in [5.41, 5.74) is 0.0637. The molecule has 4 nitrogen and oxygen atoms in total. The van der Waals surface area contributed by atoms with Crippen LogP contribution in [0.5, 0.6) is 5.75 Å². The second-order valence-corrected chi connectivity index (χ2v) is 9.29. The van der Waals surface area contributed by atoms with Gasteiger partial charge in [0.1, 0.15) is 11.5 Å². The van der Waals surface area contributed by atoms with E-state index in [0.717, 1.165) is 50.0 Å². The van der Waals surface area contributed by atoms with Gasteiger partial charge in [-0.25, -0.2) is 4.79 Å². The number of aromatic hydroxyl groups is 1. The van der Waals surface area contributed by atoms with Crippen LogP contribution in [0.3, 0.4) is 0 Å². The lowest BCUT2D eigenvalue weighted by molar-refractivity contribution is 0.0948. The quantitative estimate of drug-likeness (QED) is 0.697. The Labute approximate surface area is 164 Å². The molecule has 0 bridgehead atoms. The molecule has 2 fully saturated rings. The Morgan fingerprint density at radius 3 is 2.67 bits per heavy atom. The third-order valence-electron chi connectivity index (χ3n) is 5.92. The second-order valence-electron chi connectivity index (χ2n) is 7.97. The Bertz CT molecular complexity index is 842.